The second kappa shape index (κ2) is 8.68. The van der Waals surface area contributed by atoms with Gasteiger partial charge in [0.2, 0.25) is 11.8 Å². The molecule has 4 heterocycles. The zero-order chi connectivity index (χ0) is 22.9. The number of hydrogen-bond donors (Lipinski definition) is 4. The lowest BCUT2D eigenvalue weighted by atomic mass is 10.2. The van der Waals surface area contributed by atoms with Gasteiger partial charge in [0.1, 0.15) is 5.82 Å². The third-order valence-corrected chi connectivity index (χ3v) is 5.59. The lowest BCUT2D eigenvalue weighted by Gasteiger charge is -2.32. The monoisotopic (exact) mass is 452 g/mol. The van der Waals surface area contributed by atoms with E-state index in [4.69, 9.17) is 4.74 Å². The first kappa shape index (κ1) is 21.2. The summed E-state index contributed by atoms with van der Waals surface area (Å²) in [4.78, 5) is 16.6. The van der Waals surface area contributed by atoms with E-state index in [1.54, 1.807) is 30.3 Å². The van der Waals surface area contributed by atoms with Gasteiger partial charge in [-0.3, -0.25) is 5.10 Å². The molecule has 4 N–H and O–H groups in total. The molecular weight excluding hydrogens is 427 g/mol. The van der Waals surface area contributed by atoms with E-state index < -0.39 is 5.82 Å². The van der Waals surface area contributed by atoms with Gasteiger partial charge in [0.05, 0.1) is 12.3 Å². The number of nitrogens with zero attached hydrogens (tertiary/aromatic N) is 5. The van der Waals surface area contributed by atoms with Crippen LogP contribution in [0.25, 0.3) is 10.9 Å². The first-order valence-corrected chi connectivity index (χ1v) is 10.7. The molecule has 172 valence electrons. The maximum atomic E-state index is 15.1. The van der Waals surface area contributed by atoms with Crippen molar-refractivity contribution in [2.24, 2.45) is 0 Å². The van der Waals surface area contributed by atoms with Crippen LogP contribution >= 0.6 is 0 Å². The lowest BCUT2D eigenvalue weighted by Crippen LogP contribution is -2.45. The van der Waals surface area contributed by atoms with E-state index in [0.29, 0.717) is 34.2 Å². The van der Waals surface area contributed by atoms with Crippen molar-refractivity contribution in [3.63, 3.8) is 0 Å². The van der Waals surface area contributed by atoms with Crippen LogP contribution in [0.15, 0.2) is 30.3 Å². The average Bonchev–Trinajstić information content (AvgIpc) is 3.42. The van der Waals surface area contributed by atoms with Crippen LogP contribution < -0.4 is 15.0 Å². The van der Waals surface area contributed by atoms with Crippen LogP contribution in [0.3, 0.4) is 0 Å². The van der Waals surface area contributed by atoms with Crippen molar-refractivity contribution in [2.75, 3.05) is 43.4 Å². The Bertz CT molecular complexity index is 1280. The van der Waals surface area contributed by atoms with Gasteiger partial charge in [0.15, 0.2) is 17.4 Å². The number of hydrogen-bond acceptors (Lipinski definition) is 8. The number of halogens is 1. The highest BCUT2D eigenvalue weighted by Gasteiger charge is 2.20. The predicted octanol–water partition coefficient (Wildman–Crippen LogP) is 2.91. The van der Waals surface area contributed by atoms with Crippen molar-refractivity contribution in [3.05, 3.63) is 47.5 Å². The Labute approximate surface area is 189 Å². The van der Waals surface area contributed by atoms with Crippen molar-refractivity contribution in [1.82, 2.24) is 30.0 Å². The van der Waals surface area contributed by atoms with Crippen molar-refractivity contribution in [1.29, 1.82) is 0 Å². The van der Waals surface area contributed by atoms with Gasteiger partial charge in [0.25, 0.3) is 0 Å². The molecule has 0 radical (unpaired) electrons. The Hall–Kier alpha value is -3.70. The minimum atomic E-state index is -0.453. The Kier molecular flexibility index (Phi) is 5.56. The van der Waals surface area contributed by atoms with Crippen LogP contribution in [-0.2, 0) is 6.61 Å². The smallest absolute Gasteiger partial charge is 0.230 e. The van der Waals surface area contributed by atoms with Gasteiger partial charge in [0, 0.05) is 54.9 Å². The molecule has 4 aromatic rings. The highest BCUT2D eigenvalue weighted by molar-refractivity contribution is 5.82. The summed E-state index contributed by atoms with van der Waals surface area (Å²) in [5, 5.41) is 19.7. The van der Waals surface area contributed by atoms with E-state index >= 15 is 4.39 Å². The molecule has 0 spiro atoms. The standard InChI is InChI=1S/C22H25FN8O2/c1-13-9-15-16(24-13)3-4-17(21(15)23)33-20-11-18(25-19-10-14(12-32)28-29-19)26-22(27-20)31-7-5-30(2)6-8-31/h3-4,9-11,24,32H,5-8,12H2,1-2H3,(H2,25,26,27,28,29). The number of aryl methyl sites for hydroxylation is 1. The summed E-state index contributed by atoms with van der Waals surface area (Å²) in [5.74, 6) is 1.26. The summed E-state index contributed by atoms with van der Waals surface area (Å²) >= 11 is 0. The van der Waals surface area contributed by atoms with E-state index in [-0.39, 0.29) is 18.2 Å². The molecule has 0 atom stereocenters. The highest BCUT2D eigenvalue weighted by atomic mass is 19.1. The van der Waals surface area contributed by atoms with E-state index in [0.717, 1.165) is 31.9 Å². The van der Waals surface area contributed by atoms with Crippen LogP contribution in [0.5, 0.6) is 11.6 Å². The van der Waals surface area contributed by atoms with Crippen LogP contribution in [0.2, 0.25) is 0 Å². The number of likely N-dealkylation sites (N-methyl/N-ethyl adjacent to an activating group) is 1. The molecule has 0 aliphatic carbocycles. The van der Waals surface area contributed by atoms with E-state index in [2.05, 4.69) is 47.3 Å². The van der Waals surface area contributed by atoms with Crippen LogP contribution in [0.1, 0.15) is 11.4 Å². The normalized spacial score (nSPS) is 14.7. The number of rotatable bonds is 6. The maximum Gasteiger partial charge on any atom is 0.230 e. The fourth-order valence-corrected chi connectivity index (χ4v) is 3.79. The minimum Gasteiger partial charge on any atom is -0.436 e. The van der Waals surface area contributed by atoms with Crippen LogP contribution in [-0.4, -0.2) is 68.4 Å². The second-order valence-corrected chi connectivity index (χ2v) is 8.14. The summed E-state index contributed by atoms with van der Waals surface area (Å²) in [7, 11) is 2.07. The molecule has 33 heavy (non-hydrogen) atoms. The molecule has 1 aliphatic heterocycles. The molecule has 1 saturated heterocycles. The topological polar surface area (TPSA) is 118 Å². The van der Waals surface area contributed by atoms with Gasteiger partial charge in [-0.25, -0.2) is 4.39 Å². The van der Waals surface area contributed by atoms with Gasteiger partial charge in [-0.1, -0.05) is 0 Å². The fourth-order valence-electron chi connectivity index (χ4n) is 3.79. The SMILES string of the molecule is Cc1cc2c(F)c(Oc3cc(Nc4cc(CO)[nH]n4)nc(N4CCN(C)CC4)n3)ccc2[nH]1. The molecular formula is C22H25FN8O2. The summed E-state index contributed by atoms with van der Waals surface area (Å²) < 4.78 is 21.0. The van der Waals surface area contributed by atoms with Gasteiger partial charge in [-0.2, -0.15) is 15.1 Å². The van der Waals surface area contributed by atoms with Gasteiger partial charge in [-0.05, 0) is 32.2 Å². The third kappa shape index (κ3) is 4.45. The molecule has 0 unspecified atom stereocenters. The summed E-state index contributed by atoms with van der Waals surface area (Å²) in [6.45, 7) is 5.02. The Balaban J connectivity index is 1.48. The Morgan fingerprint density at radius 3 is 2.70 bits per heavy atom. The summed E-state index contributed by atoms with van der Waals surface area (Å²) in [5.41, 5.74) is 2.14. The quantitative estimate of drug-likeness (QED) is 0.353. The Morgan fingerprint density at radius 2 is 1.94 bits per heavy atom. The molecule has 0 bridgehead atoms. The van der Waals surface area contributed by atoms with Crippen molar-refractivity contribution in [3.8, 4) is 11.6 Å². The van der Waals surface area contributed by atoms with Crippen LogP contribution in [0, 0.1) is 12.7 Å². The molecule has 1 aromatic carbocycles. The largest absolute Gasteiger partial charge is 0.436 e. The molecule has 5 rings (SSSR count). The molecule has 1 aliphatic rings. The predicted molar refractivity (Wildman–Crippen MR) is 123 cm³/mol. The molecule has 3 aromatic heterocycles. The number of nitrogens with one attached hydrogen (secondary N) is 3. The van der Waals surface area contributed by atoms with Crippen molar-refractivity contribution < 1.29 is 14.2 Å². The number of H-pyrrole nitrogens is 2. The number of aromatic nitrogens is 5. The van der Waals surface area contributed by atoms with Gasteiger partial charge >= 0.3 is 0 Å². The number of aromatic amines is 2. The first-order valence-electron chi connectivity index (χ1n) is 10.7. The number of ether oxygens (including phenoxy) is 1. The molecule has 0 amide bonds. The van der Waals surface area contributed by atoms with E-state index in [1.807, 2.05) is 6.92 Å². The molecule has 1 fully saturated rings. The molecule has 0 saturated carbocycles. The van der Waals surface area contributed by atoms with Gasteiger partial charge in [-0.15, -0.1) is 0 Å². The zero-order valence-corrected chi connectivity index (χ0v) is 18.4. The van der Waals surface area contributed by atoms with Crippen LogP contribution in [0.4, 0.5) is 22.0 Å². The van der Waals surface area contributed by atoms with Gasteiger partial charge < -0.3 is 29.9 Å². The maximum absolute atomic E-state index is 15.1. The Morgan fingerprint density at radius 1 is 1.12 bits per heavy atom. The summed E-state index contributed by atoms with van der Waals surface area (Å²) in [6, 6.07) is 8.39. The third-order valence-electron chi connectivity index (χ3n) is 5.59. The number of benzene rings is 1. The number of fused-ring (bicyclic) bond motifs is 1. The zero-order valence-electron chi connectivity index (χ0n) is 18.4. The van der Waals surface area contributed by atoms with E-state index in [9.17, 15) is 5.11 Å². The number of piperazine rings is 1. The fraction of sp³-hybridized carbons (Fsp3) is 0.318. The minimum absolute atomic E-state index is 0.0813. The second-order valence-electron chi connectivity index (χ2n) is 8.14. The number of aliphatic hydroxyl groups is 1. The van der Waals surface area contributed by atoms with Crippen molar-refractivity contribution in [2.45, 2.75) is 13.5 Å². The number of aliphatic hydroxyl groups excluding tert-OH is 1. The average molecular weight is 452 g/mol. The molecule has 10 nitrogen and oxygen atoms in total. The highest BCUT2D eigenvalue weighted by Crippen LogP contribution is 2.32. The first-order chi connectivity index (χ1) is 16.0. The summed E-state index contributed by atoms with van der Waals surface area (Å²) in [6.07, 6.45) is 0. The molecule has 11 heteroatoms. The lowest BCUT2D eigenvalue weighted by molar-refractivity contribution is 0.276. The van der Waals surface area contributed by atoms with E-state index in [1.165, 1.54) is 0 Å². The van der Waals surface area contributed by atoms with Crippen molar-refractivity contribution >= 4 is 28.5 Å². The number of anilines is 3.